The van der Waals surface area contributed by atoms with Gasteiger partial charge in [0.1, 0.15) is 18.1 Å². The summed E-state index contributed by atoms with van der Waals surface area (Å²) in [6.07, 6.45) is 4.39. The van der Waals surface area contributed by atoms with Crippen LogP contribution in [0, 0.1) is 0 Å². The lowest BCUT2D eigenvalue weighted by Crippen LogP contribution is -2.56. The fourth-order valence-corrected chi connectivity index (χ4v) is 3.23. The first-order valence-corrected chi connectivity index (χ1v) is 8.37. The first kappa shape index (κ1) is 17.7. The highest BCUT2D eigenvalue weighted by Crippen LogP contribution is 2.19. The van der Waals surface area contributed by atoms with E-state index in [4.69, 9.17) is 5.73 Å². The van der Waals surface area contributed by atoms with Gasteiger partial charge in [-0.2, -0.15) is 0 Å². The van der Waals surface area contributed by atoms with Gasteiger partial charge in [0.2, 0.25) is 17.7 Å². The number of aromatic nitrogens is 2. The van der Waals surface area contributed by atoms with Crippen LogP contribution in [-0.2, 0) is 20.8 Å². The average molecular weight is 363 g/mol. The Kier molecular flexibility index (Phi) is 5.05. The van der Waals surface area contributed by atoms with Gasteiger partial charge in [-0.25, -0.2) is 9.78 Å². The quantitative estimate of drug-likeness (QED) is 0.380. The summed E-state index contributed by atoms with van der Waals surface area (Å²) in [5.74, 6) is -1.42. The van der Waals surface area contributed by atoms with E-state index in [0.717, 1.165) is 0 Å². The Morgan fingerprint density at radius 2 is 2.23 bits per heavy atom. The van der Waals surface area contributed by atoms with E-state index in [0.29, 0.717) is 25.1 Å². The predicted molar refractivity (Wildman–Crippen MR) is 88.5 cm³/mol. The number of aromatic amines is 1. The Balaban J connectivity index is 1.74. The van der Waals surface area contributed by atoms with Crippen molar-refractivity contribution >= 4 is 23.8 Å². The van der Waals surface area contributed by atoms with Gasteiger partial charge in [-0.3, -0.25) is 14.4 Å². The monoisotopic (exact) mass is 363 g/mol. The Morgan fingerprint density at radius 1 is 1.42 bits per heavy atom. The maximum Gasteiger partial charge on any atom is 0.315 e. The summed E-state index contributed by atoms with van der Waals surface area (Å²) in [4.78, 5) is 56.4. The minimum Gasteiger partial charge on any atom is -0.368 e. The zero-order valence-corrected chi connectivity index (χ0v) is 14.0. The molecule has 0 unspecified atom stereocenters. The van der Waals surface area contributed by atoms with Crippen molar-refractivity contribution in [2.75, 3.05) is 13.1 Å². The number of nitrogens with one attached hydrogen (secondary N) is 4. The SMILES string of the molecule is NC(=O)[C@@H]1CCCN1C(=O)[C@H](Cc1cnc[nH]1)NC(=O)[C@@H]1CNC(=O)N1. The third-order valence-corrected chi connectivity index (χ3v) is 4.55. The lowest BCUT2D eigenvalue weighted by atomic mass is 10.1. The van der Waals surface area contributed by atoms with Crippen LogP contribution in [0.1, 0.15) is 18.5 Å². The van der Waals surface area contributed by atoms with E-state index in [-0.39, 0.29) is 18.9 Å². The van der Waals surface area contributed by atoms with Crippen molar-refractivity contribution in [2.45, 2.75) is 37.4 Å². The van der Waals surface area contributed by atoms with Crippen LogP contribution in [0.3, 0.4) is 0 Å². The van der Waals surface area contributed by atoms with Gasteiger partial charge in [0.25, 0.3) is 0 Å². The molecule has 2 saturated heterocycles. The number of nitrogens with zero attached hydrogens (tertiary/aromatic N) is 2. The van der Waals surface area contributed by atoms with Crippen molar-refractivity contribution in [3.63, 3.8) is 0 Å². The minimum atomic E-state index is -0.902. The molecule has 1 aromatic heterocycles. The lowest BCUT2D eigenvalue weighted by molar-refractivity contribution is -0.140. The maximum absolute atomic E-state index is 13.0. The summed E-state index contributed by atoms with van der Waals surface area (Å²) >= 11 is 0. The summed E-state index contributed by atoms with van der Waals surface area (Å²) < 4.78 is 0. The van der Waals surface area contributed by atoms with E-state index in [1.807, 2.05) is 0 Å². The van der Waals surface area contributed by atoms with Gasteiger partial charge in [-0.1, -0.05) is 0 Å². The standard InChI is InChI=1S/C15H21N7O4/c16-12(23)11-2-1-3-22(11)14(25)9(4-8-5-17-7-19-8)20-13(24)10-6-18-15(26)21-10/h5,7,9-11H,1-4,6H2,(H2,16,23)(H,17,19)(H,20,24)(H2,18,21,26)/t9-,10-,11-/m0/s1. The fourth-order valence-electron chi connectivity index (χ4n) is 3.23. The largest absolute Gasteiger partial charge is 0.368 e. The molecule has 0 aliphatic carbocycles. The van der Waals surface area contributed by atoms with Crippen molar-refractivity contribution in [1.29, 1.82) is 0 Å². The molecule has 0 radical (unpaired) electrons. The molecule has 140 valence electrons. The molecule has 6 N–H and O–H groups in total. The van der Waals surface area contributed by atoms with Crippen LogP contribution < -0.4 is 21.7 Å². The van der Waals surface area contributed by atoms with Crippen LogP contribution in [0.5, 0.6) is 0 Å². The number of likely N-dealkylation sites (tertiary alicyclic amines) is 1. The average Bonchev–Trinajstić information content (AvgIpc) is 3.34. The minimum absolute atomic E-state index is 0.142. The number of imidazole rings is 1. The number of carbonyl (C=O) groups is 4. The predicted octanol–water partition coefficient (Wildman–Crippen LogP) is -2.41. The second-order valence-electron chi connectivity index (χ2n) is 6.34. The van der Waals surface area contributed by atoms with Crippen molar-refractivity contribution in [3.05, 3.63) is 18.2 Å². The highest BCUT2D eigenvalue weighted by atomic mass is 16.2. The summed E-state index contributed by atoms with van der Waals surface area (Å²) in [7, 11) is 0. The van der Waals surface area contributed by atoms with E-state index in [9.17, 15) is 19.2 Å². The molecule has 3 rings (SSSR count). The van der Waals surface area contributed by atoms with Gasteiger partial charge in [0, 0.05) is 31.4 Å². The molecule has 11 nitrogen and oxygen atoms in total. The Morgan fingerprint density at radius 3 is 2.85 bits per heavy atom. The van der Waals surface area contributed by atoms with Crippen LogP contribution in [0.25, 0.3) is 0 Å². The number of rotatable bonds is 6. The van der Waals surface area contributed by atoms with Crippen molar-refractivity contribution in [3.8, 4) is 0 Å². The highest BCUT2D eigenvalue weighted by molar-refractivity contribution is 5.95. The zero-order valence-electron chi connectivity index (χ0n) is 14.0. The molecule has 26 heavy (non-hydrogen) atoms. The van der Waals surface area contributed by atoms with E-state index in [2.05, 4.69) is 25.9 Å². The van der Waals surface area contributed by atoms with Crippen molar-refractivity contribution in [2.24, 2.45) is 5.73 Å². The Hall–Kier alpha value is -3.11. The second-order valence-corrected chi connectivity index (χ2v) is 6.34. The molecule has 0 spiro atoms. The molecule has 5 amide bonds. The molecule has 0 bridgehead atoms. The molecule has 2 aliphatic heterocycles. The Bertz CT molecular complexity index is 705. The third-order valence-electron chi connectivity index (χ3n) is 4.55. The molecule has 0 aromatic carbocycles. The maximum atomic E-state index is 13.0. The van der Waals surface area contributed by atoms with Gasteiger partial charge in [-0.05, 0) is 12.8 Å². The molecule has 11 heteroatoms. The number of hydrogen-bond acceptors (Lipinski definition) is 5. The number of amides is 5. The number of carbonyl (C=O) groups excluding carboxylic acids is 4. The number of primary amides is 1. The lowest BCUT2D eigenvalue weighted by Gasteiger charge is -2.28. The fraction of sp³-hybridized carbons (Fsp3) is 0.533. The molecule has 2 aliphatic rings. The number of hydrogen-bond donors (Lipinski definition) is 5. The number of nitrogens with two attached hydrogens (primary N) is 1. The van der Waals surface area contributed by atoms with Crippen LogP contribution in [0.4, 0.5) is 4.79 Å². The van der Waals surface area contributed by atoms with Gasteiger partial charge in [0.15, 0.2) is 0 Å². The van der Waals surface area contributed by atoms with Crippen LogP contribution >= 0.6 is 0 Å². The van der Waals surface area contributed by atoms with Crippen LogP contribution in [-0.4, -0.2) is 69.8 Å². The topological polar surface area (TPSA) is 162 Å². The zero-order chi connectivity index (χ0) is 18.7. The molecule has 3 heterocycles. The molecule has 3 atom stereocenters. The van der Waals surface area contributed by atoms with Gasteiger partial charge in [0.05, 0.1) is 6.33 Å². The van der Waals surface area contributed by atoms with Crippen LogP contribution in [0.2, 0.25) is 0 Å². The normalized spacial score (nSPS) is 23.2. The van der Waals surface area contributed by atoms with Gasteiger partial charge < -0.3 is 31.6 Å². The van der Waals surface area contributed by atoms with Crippen molar-refractivity contribution in [1.82, 2.24) is 30.8 Å². The first-order valence-electron chi connectivity index (χ1n) is 8.37. The van der Waals surface area contributed by atoms with Crippen LogP contribution in [0.15, 0.2) is 12.5 Å². The molecular formula is C15H21N7O4. The highest BCUT2D eigenvalue weighted by Gasteiger charge is 2.38. The molecule has 0 saturated carbocycles. The van der Waals surface area contributed by atoms with Crippen molar-refractivity contribution < 1.29 is 19.2 Å². The smallest absolute Gasteiger partial charge is 0.315 e. The second kappa shape index (κ2) is 7.42. The summed E-state index contributed by atoms with van der Waals surface area (Å²) in [5, 5.41) is 7.63. The Labute approximate surface area is 149 Å². The van der Waals surface area contributed by atoms with Gasteiger partial charge in [-0.15, -0.1) is 0 Å². The van der Waals surface area contributed by atoms with Gasteiger partial charge >= 0.3 is 6.03 Å². The van der Waals surface area contributed by atoms with E-state index >= 15 is 0 Å². The summed E-state index contributed by atoms with van der Waals surface area (Å²) in [6.45, 7) is 0.548. The summed E-state index contributed by atoms with van der Waals surface area (Å²) in [6, 6.07) is -2.77. The van der Waals surface area contributed by atoms with E-state index in [1.165, 1.54) is 11.2 Å². The molecular weight excluding hydrogens is 342 g/mol. The molecule has 2 fully saturated rings. The number of urea groups is 1. The molecule has 1 aromatic rings. The summed E-state index contributed by atoms with van der Waals surface area (Å²) in [5.41, 5.74) is 6.05. The number of H-pyrrole nitrogens is 1. The first-order chi connectivity index (χ1) is 12.5. The third kappa shape index (κ3) is 3.76. The van der Waals surface area contributed by atoms with E-state index in [1.54, 1.807) is 6.20 Å². The van der Waals surface area contributed by atoms with E-state index < -0.39 is 36.0 Å².